The van der Waals surface area contributed by atoms with Crippen LogP contribution >= 0.6 is 23.8 Å². The number of likely N-dealkylation sites (tertiary alicyclic amines) is 1. The highest BCUT2D eigenvalue weighted by Gasteiger charge is 2.24. The van der Waals surface area contributed by atoms with E-state index in [1.54, 1.807) is 20.3 Å². The smallest absolute Gasteiger partial charge is 0.173 e. The molecule has 2 aromatic carbocycles. The maximum Gasteiger partial charge on any atom is 0.173 e. The number of halogens is 1. The van der Waals surface area contributed by atoms with Gasteiger partial charge in [0.15, 0.2) is 5.11 Å². The topological polar surface area (TPSA) is 33.7 Å². The van der Waals surface area contributed by atoms with Gasteiger partial charge in [0.05, 0.1) is 19.9 Å². The minimum absolute atomic E-state index is 0.492. The summed E-state index contributed by atoms with van der Waals surface area (Å²) < 4.78 is 10.9. The molecule has 1 fully saturated rings. The first-order valence-corrected chi connectivity index (χ1v) is 9.43. The number of benzene rings is 2. The average Bonchev–Trinajstić information content (AvgIpc) is 2.68. The minimum atomic E-state index is 0.492. The lowest BCUT2D eigenvalue weighted by Crippen LogP contribution is -2.40. The zero-order chi connectivity index (χ0) is 18.5. The standard InChI is InChI=1S/C20H23ClN2O2S/c1-24-18-6-4-3-5-16(18)14-9-11-23(12-10-14)20(26)22-17-13-15(21)7-8-19(17)25-2/h3-8,13-14H,9-12H2,1-2H3,(H,22,26). The van der Waals surface area contributed by atoms with Crippen LogP contribution in [0, 0.1) is 0 Å². The monoisotopic (exact) mass is 390 g/mol. The van der Waals surface area contributed by atoms with Crippen molar-refractivity contribution in [3.8, 4) is 11.5 Å². The van der Waals surface area contributed by atoms with Crippen molar-refractivity contribution in [2.75, 3.05) is 32.6 Å². The fourth-order valence-corrected chi connectivity index (χ4v) is 3.83. The number of rotatable bonds is 4. The number of anilines is 1. The lowest BCUT2D eigenvalue weighted by Gasteiger charge is -2.34. The number of methoxy groups -OCH3 is 2. The first-order chi connectivity index (χ1) is 12.6. The predicted molar refractivity (Wildman–Crippen MR) is 111 cm³/mol. The van der Waals surface area contributed by atoms with Crippen molar-refractivity contribution in [3.63, 3.8) is 0 Å². The number of nitrogens with one attached hydrogen (secondary N) is 1. The molecule has 26 heavy (non-hydrogen) atoms. The molecule has 138 valence electrons. The van der Waals surface area contributed by atoms with Gasteiger partial charge in [-0.25, -0.2) is 0 Å². The van der Waals surface area contributed by atoms with Crippen LogP contribution in [0.15, 0.2) is 42.5 Å². The molecule has 1 aliphatic rings. The highest BCUT2D eigenvalue weighted by molar-refractivity contribution is 7.80. The van der Waals surface area contributed by atoms with E-state index < -0.39 is 0 Å². The van der Waals surface area contributed by atoms with E-state index in [1.165, 1.54) is 5.56 Å². The lowest BCUT2D eigenvalue weighted by atomic mass is 9.89. The molecule has 0 amide bonds. The minimum Gasteiger partial charge on any atom is -0.496 e. The molecule has 1 N–H and O–H groups in total. The fourth-order valence-electron chi connectivity index (χ4n) is 3.37. The molecule has 0 spiro atoms. The quantitative estimate of drug-likeness (QED) is 0.748. The van der Waals surface area contributed by atoms with Gasteiger partial charge < -0.3 is 19.7 Å². The Morgan fingerprint density at radius 3 is 2.46 bits per heavy atom. The second kappa shape index (κ2) is 8.60. The molecule has 0 aliphatic carbocycles. The molecule has 0 radical (unpaired) electrons. The molecule has 0 aromatic heterocycles. The number of hydrogen-bond acceptors (Lipinski definition) is 3. The van der Waals surface area contributed by atoms with Crippen molar-refractivity contribution in [3.05, 3.63) is 53.1 Å². The van der Waals surface area contributed by atoms with Gasteiger partial charge in [0, 0.05) is 18.1 Å². The normalized spacial score (nSPS) is 14.8. The number of piperidine rings is 1. The Kier molecular flexibility index (Phi) is 6.22. The van der Waals surface area contributed by atoms with Gasteiger partial charge in [-0.2, -0.15) is 0 Å². The second-order valence-electron chi connectivity index (χ2n) is 6.28. The van der Waals surface area contributed by atoms with E-state index in [0.29, 0.717) is 16.1 Å². The van der Waals surface area contributed by atoms with Crippen molar-refractivity contribution in [2.24, 2.45) is 0 Å². The summed E-state index contributed by atoms with van der Waals surface area (Å²) in [7, 11) is 3.36. The van der Waals surface area contributed by atoms with Gasteiger partial charge in [-0.3, -0.25) is 0 Å². The summed E-state index contributed by atoms with van der Waals surface area (Å²) in [6, 6.07) is 13.7. The highest BCUT2D eigenvalue weighted by Crippen LogP contribution is 2.34. The Bertz CT molecular complexity index is 776. The fraction of sp³-hybridized carbons (Fsp3) is 0.350. The summed E-state index contributed by atoms with van der Waals surface area (Å²) in [6.45, 7) is 1.80. The van der Waals surface area contributed by atoms with Gasteiger partial charge in [0.1, 0.15) is 11.5 Å². The first kappa shape index (κ1) is 18.8. The van der Waals surface area contributed by atoms with Gasteiger partial charge in [-0.1, -0.05) is 29.8 Å². The molecule has 3 rings (SSSR count). The van der Waals surface area contributed by atoms with Crippen LogP contribution in [0.3, 0.4) is 0 Å². The Morgan fingerprint density at radius 2 is 1.77 bits per heavy atom. The van der Waals surface area contributed by atoms with Crippen LogP contribution in [0.5, 0.6) is 11.5 Å². The lowest BCUT2D eigenvalue weighted by molar-refractivity contribution is 0.310. The molecular weight excluding hydrogens is 368 g/mol. The molecule has 0 unspecified atom stereocenters. The third-order valence-corrected chi connectivity index (χ3v) is 5.36. The van der Waals surface area contributed by atoms with Crippen molar-refractivity contribution >= 4 is 34.6 Å². The number of thiocarbonyl (C=S) groups is 1. The number of para-hydroxylation sites is 1. The molecule has 1 aliphatic heterocycles. The summed E-state index contributed by atoms with van der Waals surface area (Å²) in [5.41, 5.74) is 2.07. The zero-order valence-corrected chi connectivity index (χ0v) is 16.6. The van der Waals surface area contributed by atoms with Gasteiger partial charge in [0.2, 0.25) is 0 Å². The van der Waals surface area contributed by atoms with Crippen LogP contribution in [0.25, 0.3) is 0 Å². The van der Waals surface area contributed by atoms with Crippen LogP contribution in [0.2, 0.25) is 5.02 Å². The summed E-state index contributed by atoms with van der Waals surface area (Å²) in [5.74, 6) is 2.18. The van der Waals surface area contributed by atoms with Gasteiger partial charge in [0.25, 0.3) is 0 Å². The molecule has 1 heterocycles. The summed E-state index contributed by atoms with van der Waals surface area (Å²) in [6.07, 6.45) is 2.07. The molecule has 2 aromatic rings. The summed E-state index contributed by atoms with van der Waals surface area (Å²) >= 11 is 11.7. The molecular formula is C20H23ClN2O2S. The molecule has 0 atom stereocenters. The molecule has 4 nitrogen and oxygen atoms in total. The molecule has 0 bridgehead atoms. The van der Waals surface area contributed by atoms with Crippen LogP contribution in [-0.2, 0) is 0 Å². The first-order valence-electron chi connectivity index (χ1n) is 8.64. The summed E-state index contributed by atoms with van der Waals surface area (Å²) in [5, 5.41) is 4.61. The van der Waals surface area contributed by atoms with Gasteiger partial charge in [-0.15, -0.1) is 0 Å². The summed E-state index contributed by atoms with van der Waals surface area (Å²) in [4.78, 5) is 2.20. The van der Waals surface area contributed by atoms with E-state index in [2.05, 4.69) is 22.3 Å². The molecule has 6 heteroatoms. The maximum absolute atomic E-state index is 6.09. The Labute approximate surface area is 165 Å². The van der Waals surface area contributed by atoms with Gasteiger partial charge >= 0.3 is 0 Å². The third kappa shape index (κ3) is 4.22. The van der Waals surface area contributed by atoms with Crippen molar-refractivity contribution in [1.29, 1.82) is 0 Å². The Morgan fingerprint density at radius 1 is 1.08 bits per heavy atom. The average molecular weight is 391 g/mol. The highest BCUT2D eigenvalue weighted by atomic mass is 35.5. The van der Waals surface area contributed by atoms with Crippen molar-refractivity contribution < 1.29 is 9.47 Å². The van der Waals surface area contributed by atoms with E-state index in [9.17, 15) is 0 Å². The van der Waals surface area contributed by atoms with Gasteiger partial charge in [-0.05, 0) is 60.8 Å². The van der Waals surface area contributed by atoms with E-state index in [4.69, 9.17) is 33.3 Å². The molecule has 1 saturated heterocycles. The van der Waals surface area contributed by atoms with E-state index >= 15 is 0 Å². The number of nitrogens with zero attached hydrogens (tertiary/aromatic N) is 1. The SMILES string of the molecule is COc1ccc(Cl)cc1NC(=S)N1CCC(c2ccccc2OC)CC1. The third-order valence-electron chi connectivity index (χ3n) is 4.76. The second-order valence-corrected chi connectivity index (χ2v) is 7.10. The predicted octanol–water partition coefficient (Wildman–Crippen LogP) is 4.93. The number of hydrogen-bond donors (Lipinski definition) is 1. The van der Waals surface area contributed by atoms with Crippen molar-refractivity contribution in [1.82, 2.24) is 4.90 Å². The van der Waals surface area contributed by atoms with Crippen LogP contribution in [0.4, 0.5) is 5.69 Å². The zero-order valence-electron chi connectivity index (χ0n) is 15.0. The number of ether oxygens (including phenoxy) is 2. The van der Waals surface area contributed by atoms with E-state index in [0.717, 1.165) is 43.1 Å². The maximum atomic E-state index is 6.09. The van der Waals surface area contributed by atoms with Crippen LogP contribution in [0.1, 0.15) is 24.3 Å². The van der Waals surface area contributed by atoms with Crippen LogP contribution < -0.4 is 14.8 Å². The van der Waals surface area contributed by atoms with Crippen molar-refractivity contribution in [2.45, 2.75) is 18.8 Å². The largest absolute Gasteiger partial charge is 0.496 e. The Hall–Kier alpha value is -1.98. The van der Waals surface area contributed by atoms with E-state index in [-0.39, 0.29) is 0 Å². The van der Waals surface area contributed by atoms with E-state index in [1.807, 2.05) is 24.3 Å². The van der Waals surface area contributed by atoms with Crippen LogP contribution in [-0.4, -0.2) is 37.3 Å². The molecule has 0 saturated carbocycles. The Balaban J connectivity index is 1.63.